The number of fused-ring (bicyclic) bond motifs is 1. The van der Waals surface area contributed by atoms with Crippen LogP contribution in [0.3, 0.4) is 0 Å². The summed E-state index contributed by atoms with van der Waals surface area (Å²) in [6.07, 6.45) is 3.51. The molecule has 7 nitrogen and oxygen atoms in total. The molecule has 3 heterocycles. The highest BCUT2D eigenvalue weighted by molar-refractivity contribution is 9.10. The molecule has 4 aromatic rings. The average molecular weight is 438 g/mol. The van der Waals surface area contributed by atoms with Crippen LogP contribution in [0.2, 0.25) is 0 Å². The lowest BCUT2D eigenvalue weighted by atomic mass is 10.3. The molecule has 120 valence electrons. The first-order chi connectivity index (χ1) is 11.7. The maximum atomic E-state index is 4.46. The zero-order chi connectivity index (χ0) is 16.5. The van der Waals surface area contributed by atoms with Gasteiger partial charge in [0.1, 0.15) is 16.1 Å². The molecule has 0 spiro atoms. The summed E-state index contributed by atoms with van der Waals surface area (Å²) in [7, 11) is 0. The number of halogens is 1. The Morgan fingerprint density at radius 2 is 2.00 bits per heavy atom. The average Bonchev–Trinajstić information content (AvgIpc) is 3.22. The van der Waals surface area contributed by atoms with E-state index in [0.29, 0.717) is 10.8 Å². The Labute approximate surface area is 157 Å². The SMILES string of the molecule is CSc1nc2ncnc(Sc3nnnn3-c3ccc(Br)cc3)c2s1. The van der Waals surface area contributed by atoms with Crippen molar-refractivity contribution >= 4 is 61.1 Å². The van der Waals surface area contributed by atoms with Crippen LogP contribution in [0.4, 0.5) is 0 Å². The standard InChI is InChI=1S/C13H8BrN7S3/c1-22-13-17-10-9(23-13)11(16-6-15-10)24-12-18-19-20-21(12)8-4-2-7(14)3-5-8/h2-6H,1H3. The Morgan fingerprint density at radius 1 is 1.17 bits per heavy atom. The van der Waals surface area contributed by atoms with Crippen LogP contribution in [-0.4, -0.2) is 41.4 Å². The van der Waals surface area contributed by atoms with Gasteiger partial charge in [0, 0.05) is 4.47 Å². The van der Waals surface area contributed by atoms with E-state index in [4.69, 9.17) is 0 Å². The summed E-state index contributed by atoms with van der Waals surface area (Å²) in [6, 6.07) is 7.78. The number of benzene rings is 1. The van der Waals surface area contributed by atoms with Crippen LogP contribution < -0.4 is 0 Å². The molecule has 1 aromatic carbocycles. The number of aromatic nitrogens is 7. The first-order valence-corrected chi connectivity index (χ1v) is 10.3. The first kappa shape index (κ1) is 15.9. The van der Waals surface area contributed by atoms with E-state index in [0.717, 1.165) is 24.2 Å². The highest BCUT2D eigenvalue weighted by Crippen LogP contribution is 2.35. The number of rotatable bonds is 4. The second-order valence-electron chi connectivity index (χ2n) is 4.47. The van der Waals surface area contributed by atoms with Gasteiger partial charge in [-0.1, -0.05) is 27.7 Å². The maximum Gasteiger partial charge on any atom is 0.220 e. The van der Waals surface area contributed by atoms with E-state index in [-0.39, 0.29) is 0 Å². The van der Waals surface area contributed by atoms with Crippen molar-refractivity contribution in [3.63, 3.8) is 0 Å². The molecule has 3 aromatic heterocycles. The minimum Gasteiger partial charge on any atom is -0.228 e. The van der Waals surface area contributed by atoms with Gasteiger partial charge < -0.3 is 0 Å². The molecule has 0 aliphatic carbocycles. The number of hydrogen-bond donors (Lipinski definition) is 0. The van der Waals surface area contributed by atoms with Gasteiger partial charge in [0.05, 0.1) is 5.69 Å². The fraction of sp³-hybridized carbons (Fsp3) is 0.0769. The highest BCUT2D eigenvalue weighted by atomic mass is 79.9. The number of thiazole rings is 1. The number of thioether (sulfide) groups is 1. The van der Waals surface area contributed by atoms with Crippen LogP contribution in [0.25, 0.3) is 16.0 Å². The van der Waals surface area contributed by atoms with Gasteiger partial charge in [-0.3, -0.25) is 0 Å². The van der Waals surface area contributed by atoms with Gasteiger partial charge in [0.25, 0.3) is 0 Å². The van der Waals surface area contributed by atoms with E-state index in [9.17, 15) is 0 Å². The zero-order valence-corrected chi connectivity index (χ0v) is 16.2. The fourth-order valence-electron chi connectivity index (χ4n) is 1.95. The van der Waals surface area contributed by atoms with Gasteiger partial charge >= 0.3 is 0 Å². The summed E-state index contributed by atoms with van der Waals surface area (Å²) in [6.45, 7) is 0. The van der Waals surface area contributed by atoms with Crippen molar-refractivity contribution in [2.24, 2.45) is 0 Å². The Kier molecular flexibility index (Phi) is 4.48. The minimum atomic E-state index is 0.636. The quantitative estimate of drug-likeness (QED) is 0.353. The Bertz CT molecular complexity index is 998. The molecule has 4 rings (SSSR count). The summed E-state index contributed by atoms with van der Waals surface area (Å²) in [5.74, 6) is 0. The molecule has 0 aliphatic heterocycles. The molecule has 0 saturated heterocycles. The predicted molar refractivity (Wildman–Crippen MR) is 98.0 cm³/mol. The van der Waals surface area contributed by atoms with E-state index in [1.807, 2.05) is 30.5 Å². The minimum absolute atomic E-state index is 0.636. The molecule has 24 heavy (non-hydrogen) atoms. The fourth-order valence-corrected chi connectivity index (χ4v) is 4.62. The van der Waals surface area contributed by atoms with Crippen LogP contribution in [-0.2, 0) is 0 Å². The number of hydrogen-bond acceptors (Lipinski definition) is 9. The van der Waals surface area contributed by atoms with E-state index >= 15 is 0 Å². The smallest absolute Gasteiger partial charge is 0.220 e. The normalized spacial score (nSPS) is 11.2. The number of tetrazole rings is 1. The molecule has 0 unspecified atom stereocenters. The van der Waals surface area contributed by atoms with Crippen molar-refractivity contribution < 1.29 is 0 Å². The lowest BCUT2D eigenvalue weighted by Crippen LogP contribution is -1.99. The number of nitrogens with zero attached hydrogens (tertiary/aromatic N) is 7. The third kappa shape index (κ3) is 3.04. The Morgan fingerprint density at radius 3 is 2.79 bits per heavy atom. The van der Waals surface area contributed by atoms with Crippen molar-refractivity contribution in [3.8, 4) is 5.69 Å². The van der Waals surface area contributed by atoms with Crippen LogP contribution >= 0.6 is 50.8 Å². The first-order valence-electron chi connectivity index (χ1n) is 6.62. The van der Waals surface area contributed by atoms with Crippen LogP contribution in [0, 0.1) is 0 Å². The summed E-state index contributed by atoms with van der Waals surface area (Å²) in [5, 5.41) is 13.4. The van der Waals surface area contributed by atoms with Gasteiger partial charge in [-0.15, -0.1) is 16.4 Å². The van der Waals surface area contributed by atoms with Crippen LogP contribution in [0.15, 0.2) is 49.6 Å². The molecule has 0 atom stereocenters. The zero-order valence-electron chi connectivity index (χ0n) is 12.1. The van der Waals surface area contributed by atoms with Gasteiger partial charge in [0.2, 0.25) is 5.16 Å². The lowest BCUT2D eigenvalue weighted by molar-refractivity contribution is 0.756. The molecular formula is C13H8BrN7S3. The summed E-state index contributed by atoms with van der Waals surface area (Å²) in [4.78, 5) is 13.1. The monoisotopic (exact) mass is 437 g/mol. The summed E-state index contributed by atoms with van der Waals surface area (Å²) in [5.41, 5.74) is 1.58. The highest BCUT2D eigenvalue weighted by Gasteiger charge is 2.16. The van der Waals surface area contributed by atoms with Crippen molar-refractivity contribution in [1.82, 2.24) is 35.2 Å². The Hall–Kier alpha value is -1.56. The van der Waals surface area contributed by atoms with Gasteiger partial charge in [-0.25, -0.2) is 15.0 Å². The third-order valence-corrected chi connectivity index (χ3v) is 6.65. The second-order valence-corrected chi connectivity index (χ2v) is 8.39. The van der Waals surface area contributed by atoms with Crippen molar-refractivity contribution in [2.75, 3.05) is 6.26 Å². The molecule has 0 fully saturated rings. The largest absolute Gasteiger partial charge is 0.228 e. The Balaban J connectivity index is 1.73. The molecule has 0 N–H and O–H groups in total. The van der Waals surface area contributed by atoms with Crippen LogP contribution in [0.1, 0.15) is 0 Å². The van der Waals surface area contributed by atoms with Gasteiger partial charge in [0.15, 0.2) is 9.99 Å². The molecule has 0 amide bonds. The molecule has 0 saturated carbocycles. The van der Waals surface area contributed by atoms with Crippen LogP contribution in [0.5, 0.6) is 0 Å². The molecule has 0 radical (unpaired) electrons. The molecule has 0 aliphatic rings. The molecular weight excluding hydrogens is 430 g/mol. The summed E-state index contributed by atoms with van der Waals surface area (Å²) < 4.78 is 4.58. The third-order valence-electron chi connectivity index (χ3n) is 3.01. The predicted octanol–water partition coefficient (Wildman–Crippen LogP) is 3.70. The van der Waals surface area contributed by atoms with Crippen molar-refractivity contribution in [2.45, 2.75) is 14.5 Å². The van der Waals surface area contributed by atoms with Gasteiger partial charge in [-0.2, -0.15) is 4.68 Å². The van der Waals surface area contributed by atoms with Crippen molar-refractivity contribution in [3.05, 3.63) is 35.1 Å². The molecule has 0 bridgehead atoms. The van der Waals surface area contributed by atoms with Gasteiger partial charge in [-0.05, 0) is 52.7 Å². The van der Waals surface area contributed by atoms with E-state index < -0.39 is 0 Å². The summed E-state index contributed by atoms with van der Waals surface area (Å²) >= 11 is 7.99. The molecule has 11 heteroatoms. The van der Waals surface area contributed by atoms with E-state index in [1.54, 1.807) is 27.8 Å². The van der Waals surface area contributed by atoms with E-state index in [1.165, 1.54) is 18.1 Å². The topological polar surface area (TPSA) is 82.3 Å². The van der Waals surface area contributed by atoms with E-state index in [2.05, 4.69) is 46.4 Å². The second kappa shape index (κ2) is 6.75. The van der Waals surface area contributed by atoms with Crippen molar-refractivity contribution in [1.29, 1.82) is 0 Å². The lowest BCUT2D eigenvalue weighted by Gasteiger charge is -2.04. The maximum absolute atomic E-state index is 4.46.